The molecule has 0 bridgehead atoms. The average Bonchev–Trinajstić information content (AvgIpc) is 3.05. The van der Waals surface area contributed by atoms with Crippen molar-refractivity contribution in [2.75, 3.05) is 0 Å². The van der Waals surface area contributed by atoms with Gasteiger partial charge in [0.1, 0.15) is 0 Å². The number of benzene rings is 1. The van der Waals surface area contributed by atoms with Gasteiger partial charge in [0.2, 0.25) is 0 Å². The lowest BCUT2D eigenvalue weighted by Gasteiger charge is -2.11. The summed E-state index contributed by atoms with van der Waals surface area (Å²) in [6, 6.07) is 16.9. The summed E-state index contributed by atoms with van der Waals surface area (Å²) in [5.41, 5.74) is 2.75. The van der Waals surface area contributed by atoms with E-state index < -0.39 is 0 Å². The molecule has 0 saturated heterocycles. The van der Waals surface area contributed by atoms with E-state index in [9.17, 15) is 0 Å². The Morgan fingerprint density at radius 1 is 0.556 bits per heavy atom. The third-order valence-electron chi connectivity index (χ3n) is 3.16. The number of nitrogens with zero attached hydrogens (tertiary/aromatic N) is 2. The largest absolute Gasteiger partial charge is 0.350 e. The van der Waals surface area contributed by atoms with Gasteiger partial charge in [0.15, 0.2) is 0 Å². The number of rotatable bonds is 4. The molecule has 0 amide bonds. The number of hydrogen-bond acceptors (Lipinski definition) is 0. The van der Waals surface area contributed by atoms with Gasteiger partial charge in [0.05, 0.1) is 0 Å². The molecule has 0 saturated carbocycles. The molecule has 3 rings (SSSR count). The number of aromatic nitrogens is 2. The van der Waals surface area contributed by atoms with Crippen molar-refractivity contribution < 1.29 is 0 Å². The van der Waals surface area contributed by atoms with Crippen LogP contribution in [0.3, 0.4) is 0 Å². The molecular formula is C16H16N2. The summed E-state index contributed by atoms with van der Waals surface area (Å²) in [4.78, 5) is 0. The highest BCUT2D eigenvalue weighted by atomic mass is 14.9. The molecule has 1 aromatic carbocycles. The molecule has 0 radical (unpaired) electrons. The molecule has 2 nitrogen and oxygen atoms in total. The van der Waals surface area contributed by atoms with E-state index in [4.69, 9.17) is 0 Å². The van der Waals surface area contributed by atoms with E-state index in [1.807, 2.05) is 0 Å². The fourth-order valence-corrected chi connectivity index (χ4v) is 2.21. The molecule has 0 unspecified atom stereocenters. The van der Waals surface area contributed by atoms with Crippen molar-refractivity contribution in [1.29, 1.82) is 0 Å². The van der Waals surface area contributed by atoms with E-state index >= 15 is 0 Å². The highest BCUT2D eigenvalue weighted by Gasteiger charge is 2.02. The Morgan fingerprint density at radius 3 is 1.33 bits per heavy atom. The van der Waals surface area contributed by atoms with Crippen LogP contribution >= 0.6 is 0 Å². The van der Waals surface area contributed by atoms with Crippen LogP contribution in [-0.2, 0) is 13.1 Å². The minimum Gasteiger partial charge on any atom is -0.350 e. The quantitative estimate of drug-likeness (QED) is 0.657. The average molecular weight is 236 g/mol. The zero-order valence-corrected chi connectivity index (χ0v) is 10.2. The Kier molecular flexibility index (Phi) is 3.01. The second-order valence-corrected chi connectivity index (χ2v) is 4.48. The second-order valence-electron chi connectivity index (χ2n) is 4.48. The molecular weight excluding hydrogens is 220 g/mol. The first-order valence-electron chi connectivity index (χ1n) is 6.20. The van der Waals surface area contributed by atoms with Gasteiger partial charge in [-0.25, -0.2) is 0 Å². The highest BCUT2D eigenvalue weighted by Crippen LogP contribution is 2.12. The van der Waals surface area contributed by atoms with Gasteiger partial charge in [-0.1, -0.05) is 24.3 Å². The van der Waals surface area contributed by atoms with E-state index in [0.29, 0.717) is 0 Å². The van der Waals surface area contributed by atoms with Gasteiger partial charge in [-0.3, -0.25) is 0 Å². The first kappa shape index (κ1) is 10.9. The summed E-state index contributed by atoms with van der Waals surface area (Å²) in [6.07, 6.45) is 8.41. The molecule has 2 aromatic heterocycles. The topological polar surface area (TPSA) is 9.86 Å². The minimum atomic E-state index is 0.935. The Balaban J connectivity index is 1.85. The first-order chi connectivity index (χ1) is 8.92. The predicted octanol–water partition coefficient (Wildman–Crippen LogP) is 3.39. The van der Waals surface area contributed by atoms with Gasteiger partial charge < -0.3 is 9.13 Å². The van der Waals surface area contributed by atoms with E-state index in [0.717, 1.165) is 13.1 Å². The molecule has 0 spiro atoms. The molecule has 2 heterocycles. The van der Waals surface area contributed by atoms with Crippen LogP contribution < -0.4 is 0 Å². The molecule has 2 heteroatoms. The van der Waals surface area contributed by atoms with E-state index in [-0.39, 0.29) is 0 Å². The van der Waals surface area contributed by atoms with Crippen LogP contribution in [-0.4, -0.2) is 9.13 Å². The SMILES string of the molecule is c1ccc(Cn2cccc2)c(Cn2cccc2)c1. The minimum absolute atomic E-state index is 0.935. The Bertz CT molecular complexity index is 537. The van der Waals surface area contributed by atoms with E-state index in [1.165, 1.54) is 11.1 Å². The summed E-state index contributed by atoms with van der Waals surface area (Å²) < 4.78 is 4.41. The van der Waals surface area contributed by atoms with Crippen LogP contribution in [0.2, 0.25) is 0 Å². The smallest absolute Gasteiger partial charge is 0.0473 e. The lowest BCUT2D eigenvalue weighted by atomic mass is 10.1. The van der Waals surface area contributed by atoms with Crippen molar-refractivity contribution in [3.05, 3.63) is 84.4 Å². The van der Waals surface area contributed by atoms with Crippen LogP contribution in [0.5, 0.6) is 0 Å². The molecule has 90 valence electrons. The Hall–Kier alpha value is -2.22. The van der Waals surface area contributed by atoms with Crippen molar-refractivity contribution in [2.45, 2.75) is 13.1 Å². The third-order valence-corrected chi connectivity index (χ3v) is 3.16. The highest BCUT2D eigenvalue weighted by molar-refractivity contribution is 5.28. The van der Waals surface area contributed by atoms with Gasteiger partial charge in [-0.15, -0.1) is 0 Å². The molecule has 0 aliphatic heterocycles. The van der Waals surface area contributed by atoms with Crippen LogP contribution in [0.25, 0.3) is 0 Å². The Labute approximate surface area is 107 Å². The zero-order chi connectivity index (χ0) is 12.2. The fourth-order valence-electron chi connectivity index (χ4n) is 2.21. The maximum atomic E-state index is 2.21. The normalized spacial score (nSPS) is 10.7. The summed E-state index contributed by atoms with van der Waals surface area (Å²) in [5, 5.41) is 0. The van der Waals surface area contributed by atoms with Crippen molar-refractivity contribution in [2.24, 2.45) is 0 Å². The molecule has 0 fully saturated rings. The maximum Gasteiger partial charge on any atom is 0.0473 e. The van der Waals surface area contributed by atoms with Crippen LogP contribution in [0.1, 0.15) is 11.1 Å². The van der Waals surface area contributed by atoms with Crippen LogP contribution in [0, 0.1) is 0 Å². The molecule has 18 heavy (non-hydrogen) atoms. The first-order valence-corrected chi connectivity index (χ1v) is 6.20. The summed E-state index contributed by atoms with van der Waals surface area (Å²) in [6.45, 7) is 1.87. The van der Waals surface area contributed by atoms with Crippen LogP contribution in [0.15, 0.2) is 73.3 Å². The van der Waals surface area contributed by atoms with Gasteiger partial charge in [0.25, 0.3) is 0 Å². The maximum absolute atomic E-state index is 2.21. The zero-order valence-electron chi connectivity index (χ0n) is 10.2. The second kappa shape index (κ2) is 4.96. The third kappa shape index (κ3) is 2.38. The number of hydrogen-bond donors (Lipinski definition) is 0. The van der Waals surface area contributed by atoms with Gasteiger partial charge in [-0.05, 0) is 35.4 Å². The van der Waals surface area contributed by atoms with Gasteiger partial charge in [-0.2, -0.15) is 0 Å². The molecule has 0 N–H and O–H groups in total. The molecule has 0 aliphatic carbocycles. The van der Waals surface area contributed by atoms with E-state index in [2.05, 4.69) is 82.5 Å². The molecule has 3 aromatic rings. The van der Waals surface area contributed by atoms with Crippen molar-refractivity contribution >= 4 is 0 Å². The lowest BCUT2D eigenvalue weighted by molar-refractivity contribution is 0.756. The van der Waals surface area contributed by atoms with Gasteiger partial charge >= 0.3 is 0 Å². The standard InChI is InChI=1S/C16H16N2/c1-2-8-16(14-18-11-5-6-12-18)15(7-1)13-17-9-3-4-10-17/h1-12H,13-14H2. The summed E-state index contributed by atoms with van der Waals surface area (Å²) >= 11 is 0. The van der Waals surface area contributed by atoms with Gasteiger partial charge in [0, 0.05) is 37.9 Å². The summed E-state index contributed by atoms with van der Waals surface area (Å²) in [5.74, 6) is 0. The van der Waals surface area contributed by atoms with Crippen LogP contribution in [0.4, 0.5) is 0 Å². The monoisotopic (exact) mass is 236 g/mol. The Morgan fingerprint density at radius 2 is 0.944 bits per heavy atom. The van der Waals surface area contributed by atoms with Crippen molar-refractivity contribution in [3.63, 3.8) is 0 Å². The van der Waals surface area contributed by atoms with E-state index in [1.54, 1.807) is 0 Å². The lowest BCUT2D eigenvalue weighted by Crippen LogP contribution is -2.04. The fraction of sp³-hybridized carbons (Fsp3) is 0.125. The van der Waals surface area contributed by atoms with Crippen molar-refractivity contribution in [3.8, 4) is 0 Å². The summed E-state index contributed by atoms with van der Waals surface area (Å²) in [7, 11) is 0. The predicted molar refractivity (Wildman–Crippen MR) is 73.5 cm³/mol. The van der Waals surface area contributed by atoms with Crippen molar-refractivity contribution in [1.82, 2.24) is 9.13 Å². The molecule has 0 atom stereocenters. The molecule has 0 aliphatic rings.